The van der Waals surface area contributed by atoms with E-state index < -0.39 is 0 Å². The standard InChI is InChI=1S/C24H22Cl2N2O/c1-2-15-7-9-16(10-8-15)21-14-22(19-13-17(25)11-12-23(19)29)28-24(27-21)18-5-3-4-6-20(18)26/h3-13,22,24,28-29H,2,14H2,1H3/t22-,24+/m0/s1. The second-order valence-corrected chi connectivity index (χ2v) is 8.02. The Bertz CT molecular complexity index is 1050. The van der Waals surface area contributed by atoms with Crippen LogP contribution in [0, 0.1) is 0 Å². The van der Waals surface area contributed by atoms with Crippen molar-refractivity contribution in [2.24, 2.45) is 4.99 Å². The summed E-state index contributed by atoms with van der Waals surface area (Å²) >= 11 is 12.7. The zero-order chi connectivity index (χ0) is 20.4. The van der Waals surface area contributed by atoms with Crippen LogP contribution in [0.15, 0.2) is 71.7 Å². The summed E-state index contributed by atoms with van der Waals surface area (Å²) in [5.74, 6) is 0.215. The van der Waals surface area contributed by atoms with Crippen LogP contribution in [0.5, 0.6) is 5.75 Å². The maximum absolute atomic E-state index is 10.5. The highest BCUT2D eigenvalue weighted by Crippen LogP contribution is 2.37. The fraction of sp³-hybridized carbons (Fsp3) is 0.208. The molecule has 1 aliphatic rings. The van der Waals surface area contributed by atoms with Gasteiger partial charge in [0.15, 0.2) is 0 Å². The number of rotatable bonds is 4. The number of phenols is 1. The van der Waals surface area contributed by atoms with Crippen molar-refractivity contribution in [1.82, 2.24) is 5.32 Å². The Kier molecular flexibility index (Phi) is 5.91. The van der Waals surface area contributed by atoms with Crippen LogP contribution in [0.25, 0.3) is 0 Å². The largest absolute Gasteiger partial charge is 0.508 e. The number of hydrogen-bond acceptors (Lipinski definition) is 3. The highest BCUT2D eigenvalue weighted by Gasteiger charge is 2.28. The molecule has 148 valence electrons. The molecular weight excluding hydrogens is 403 g/mol. The summed E-state index contributed by atoms with van der Waals surface area (Å²) in [6, 6.07) is 21.2. The number of hydrogen-bond donors (Lipinski definition) is 2. The average Bonchev–Trinajstić information content (AvgIpc) is 2.75. The minimum Gasteiger partial charge on any atom is -0.508 e. The second kappa shape index (κ2) is 8.58. The normalized spacial score (nSPS) is 19.1. The van der Waals surface area contributed by atoms with Gasteiger partial charge in [0.05, 0.1) is 0 Å². The van der Waals surface area contributed by atoms with Gasteiger partial charge in [-0.1, -0.05) is 72.6 Å². The van der Waals surface area contributed by atoms with Crippen LogP contribution in [0.1, 0.15) is 47.8 Å². The third-order valence-corrected chi connectivity index (χ3v) is 5.88. The third kappa shape index (κ3) is 4.32. The fourth-order valence-corrected chi connectivity index (χ4v) is 4.09. The molecule has 2 atom stereocenters. The molecular formula is C24H22Cl2N2O. The van der Waals surface area contributed by atoms with Crippen LogP contribution in [-0.4, -0.2) is 10.8 Å². The van der Waals surface area contributed by atoms with Gasteiger partial charge in [0.1, 0.15) is 11.9 Å². The van der Waals surface area contributed by atoms with E-state index in [9.17, 15) is 5.11 Å². The summed E-state index contributed by atoms with van der Waals surface area (Å²) in [6.45, 7) is 2.14. The van der Waals surface area contributed by atoms with Crippen LogP contribution in [0.4, 0.5) is 0 Å². The number of nitrogens with one attached hydrogen (secondary N) is 1. The Labute approximate surface area is 181 Å². The van der Waals surface area contributed by atoms with E-state index in [1.807, 2.05) is 24.3 Å². The first-order valence-electron chi connectivity index (χ1n) is 9.70. The van der Waals surface area contributed by atoms with Gasteiger partial charge >= 0.3 is 0 Å². The Morgan fingerprint density at radius 2 is 1.76 bits per heavy atom. The first-order chi connectivity index (χ1) is 14.0. The highest BCUT2D eigenvalue weighted by atomic mass is 35.5. The van der Waals surface area contributed by atoms with E-state index >= 15 is 0 Å². The van der Waals surface area contributed by atoms with Gasteiger partial charge in [0.2, 0.25) is 0 Å². The molecule has 0 fully saturated rings. The zero-order valence-electron chi connectivity index (χ0n) is 16.1. The molecule has 1 heterocycles. The van der Waals surface area contributed by atoms with Gasteiger partial charge in [0.25, 0.3) is 0 Å². The van der Waals surface area contributed by atoms with E-state index in [1.54, 1.807) is 18.2 Å². The summed E-state index contributed by atoms with van der Waals surface area (Å²) < 4.78 is 0. The Balaban J connectivity index is 1.77. The van der Waals surface area contributed by atoms with E-state index in [0.717, 1.165) is 28.8 Å². The number of halogens is 2. The van der Waals surface area contributed by atoms with E-state index in [-0.39, 0.29) is 18.0 Å². The number of aliphatic imine (C=N–C) groups is 1. The minimum absolute atomic E-state index is 0.145. The highest BCUT2D eigenvalue weighted by molar-refractivity contribution is 6.31. The van der Waals surface area contributed by atoms with Crippen molar-refractivity contribution in [3.8, 4) is 5.75 Å². The van der Waals surface area contributed by atoms with E-state index in [1.165, 1.54) is 5.56 Å². The molecule has 0 aromatic heterocycles. The number of benzene rings is 3. The lowest BCUT2D eigenvalue weighted by molar-refractivity contribution is 0.413. The topological polar surface area (TPSA) is 44.6 Å². The van der Waals surface area contributed by atoms with Gasteiger partial charge in [-0.15, -0.1) is 0 Å². The van der Waals surface area contributed by atoms with Gasteiger partial charge in [-0.2, -0.15) is 0 Å². The summed E-state index contributed by atoms with van der Waals surface area (Å²) in [5.41, 5.74) is 5.00. The van der Waals surface area contributed by atoms with Crippen molar-refractivity contribution in [3.63, 3.8) is 0 Å². The van der Waals surface area contributed by atoms with Gasteiger partial charge in [0, 0.05) is 39.3 Å². The summed E-state index contributed by atoms with van der Waals surface area (Å²) in [7, 11) is 0. The van der Waals surface area contributed by atoms with Crippen molar-refractivity contribution in [2.75, 3.05) is 0 Å². The van der Waals surface area contributed by atoms with Crippen molar-refractivity contribution in [1.29, 1.82) is 0 Å². The number of nitrogens with zero attached hydrogens (tertiary/aromatic N) is 1. The Hall–Kier alpha value is -2.33. The first kappa shape index (κ1) is 20.0. The van der Waals surface area contributed by atoms with Gasteiger partial charge in [-0.25, -0.2) is 0 Å². The molecule has 0 amide bonds. The molecule has 0 saturated heterocycles. The molecule has 4 rings (SSSR count). The predicted molar refractivity (Wildman–Crippen MR) is 120 cm³/mol. The van der Waals surface area contributed by atoms with E-state index in [0.29, 0.717) is 16.5 Å². The molecule has 0 aliphatic carbocycles. The maximum Gasteiger partial charge on any atom is 0.127 e. The molecule has 0 radical (unpaired) electrons. The predicted octanol–water partition coefficient (Wildman–Crippen LogP) is 6.48. The molecule has 5 heteroatoms. The van der Waals surface area contributed by atoms with Crippen molar-refractivity contribution in [3.05, 3.63) is 99.0 Å². The Morgan fingerprint density at radius 3 is 2.48 bits per heavy atom. The van der Waals surface area contributed by atoms with Crippen LogP contribution >= 0.6 is 23.2 Å². The fourth-order valence-electron chi connectivity index (χ4n) is 3.67. The molecule has 3 aromatic carbocycles. The average molecular weight is 425 g/mol. The molecule has 29 heavy (non-hydrogen) atoms. The number of phenolic OH excluding ortho intramolecular Hbond substituents is 1. The lowest BCUT2D eigenvalue weighted by Crippen LogP contribution is -2.33. The van der Waals surface area contributed by atoms with Crippen LogP contribution in [0.3, 0.4) is 0 Å². The first-order valence-corrected chi connectivity index (χ1v) is 10.5. The lowest BCUT2D eigenvalue weighted by Gasteiger charge is -2.31. The van der Waals surface area contributed by atoms with E-state index in [2.05, 4.69) is 36.5 Å². The van der Waals surface area contributed by atoms with Crippen LogP contribution in [-0.2, 0) is 6.42 Å². The number of aryl methyl sites for hydroxylation is 1. The molecule has 3 nitrogen and oxygen atoms in total. The molecule has 0 bridgehead atoms. The molecule has 3 aromatic rings. The molecule has 1 aliphatic heterocycles. The summed E-state index contributed by atoms with van der Waals surface area (Å²) in [6.07, 6.45) is 1.32. The number of aromatic hydroxyl groups is 1. The zero-order valence-corrected chi connectivity index (χ0v) is 17.6. The third-order valence-electron chi connectivity index (χ3n) is 5.30. The van der Waals surface area contributed by atoms with E-state index in [4.69, 9.17) is 28.2 Å². The minimum atomic E-state index is -0.318. The molecule has 0 saturated carbocycles. The van der Waals surface area contributed by atoms with Crippen LogP contribution < -0.4 is 5.32 Å². The molecule has 0 unspecified atom stereocenters. The quantitative estimate of drug-likeness (QED) is 0.502. The summed E-state index contributed by atoms with van der Waals surface area (Å²) in [5, 5.41) is 15.2. The van der Waals surface area contributed by atoms with Gasteiger partial charge in [-0.3, -0.25) is 10.3 Å². The lowest BCUT2D eigenvalue weighted by atomic mass is 9.93. The van der Waals surface area contributed by atoms with Crippen LogP contribution in [0.2, 0.25) is 10.0 Å². The Morgan fingerprint density at radius 1 is 1.00 bits per heavy atom. The second-order valence-electron chi connectivity index (χ2n) is 7.18. The molecule has 0 spiro atoms. The molecule has 2 N–H and O–H groups in total. The summed E-state index contributed by atoms with van der Waals surface area (Å²) in [4.78, 5) is 4.97. The van der Waals surface area contributed by atoms with Gasteiger partial charge < -0.3 is 5.11 Å². The smallest absolute Gasteiger partial charge is 0.127 e. The maximum atomic E-state index is 10.5. The SMILES string of the molecule is CCc1ccc(C2=N[C@@H](c3ccccc3Cl)N[C@H](c3cc(Cl)ccc3O)C2)cc1. The van der Waals surface area contributed by atoms with Gasteiger partial charge in [-0.05, 0) is 41.8 Å². The van der Waals surface area contributed by atoms with Crippen molar-refractivity contribution < 1.29 is 5.11 Å². The van der Waals surface area contributed by atoms with Crippen molar-refractivity contribution in [2.45, 2.75) is 32.0 Å². The monoisotopic (exact) mass is 424 g/mol. The van der Waals surface area contributed by atoms with Crippen molar-refractivity contribution >= 4 is 28.9 Å².